The van der Waals surface area contributed by atoms with Crippen LogP contribution >= 0.6 is 0 Å². The second kappa shape index (κ2) is 12.2. The Labute approximate surface area is 321 Å². The maximum atomic E-state index is 5.39. The summed E-state index contributed by atoms with van der Waals surface area (Å²) in [5, 5.41) is 9.97. The summed E-state index contributed by atoms with van der Waals surface area (Å²) >= 11 is 0. The largest absolute Gasteiger partial charge is 0.232 e. The number of fused-ring (bicyclic) bond motifs is 6. The summed E-state index contributed by atoms with van der Waals surface area (Å²) in [5.74, 6) is 0.897. The van der Waals surface area contributed by atoms with Gasteiger partial charge in [0.2, 0.25) is 0 Å². The van der Waals surface area contributed by atoms with E-state index in [-0.39, 0.29) is 11.3 Å². The van der Waals surface area contributed by atoms with Crippen molar-refractivity contribution < 1.29 is 0 Å². The number of allylic oxidation sites excluding steroid dienone is 4. The molecule has 0 spiro atoms. The molecule has 11 rings (SSSR count). The van der Waals surface area contributed by atoms with E-state index >= 15 is 0 Å². The first-order valence-electron chi connectivity index (χ1n) is 19.3. The minimum atomic E-state index is -0.166. The zero-order valence-electron chi connectivity index (χ0n) is 30.9. The molecule has 0 fully saturated rings. The average molecular weight is 703 g/mol. The molecule has 1 atom stereocenters. The molecule has 8 aromatic carbocycles. The van der Waals surface area contributed by atoms with Gasteiger partial charge in [-0.15, -0.1) is 0 Å². The molecule has 55 heavy (non-hydrogen) atoms. The third-order valence-electron chi connectivity index (χ3n) is 12.2. The van der Waals surface area contributed by atoms with Gasteiger partial charge < -0.3 is 0 Å². The Hall–Kier alpha value is -6.64. The zero-order chi connectivity index (χ0) is 36.7. The summed E-state index contributed by atoms with van der Waals surface area (Å²) in [6.45, 7) is 4.83. The van der Waals surface area contributed by atoms with Crippen molar-refractivity contribution >= 4 is 48.7 Å². The Morgan fingerprint density at radius 2 is 0.964 bits per heavy atom. The molecule has 1 heterocycles. The molecule has 2 heteroatoms. The van der Waals surface area contributed by atoms with Crippen molar-refractivity contribution in [2.45, 2.75) is 31.6 Å². The zero-order valence-corrected chi connectivity index (χ0v) is 30.9. The monoisotopic (exact) mass is 702 g/mol. The molecule has 0 N–H and O–H groups in total. The van der Waals surface area contributed by atoms with Crippen molar-refractivity contribution in [3.8, 4) is 33.6 Å². The molecule has 1 aromatic heterocycles. The minimum absolute atomic E-state index is 0.0329. The maximum Gasteiger partial charge on any atom is 0.136 e. The van der Waals surface area contributed by atoms with Crippen LogP contribution in [0.5, 0.6) is 0 Å². The smallest absolute Gasteiger partial charge is 0.136 e. The van der Waals surface area contributed by atoms with E-state index in [0.717, 1.165) is 34.8 Å². The van der Waals surface area contributed by atoms with Gasteiger partial charge in [0.1, 0.15) is 5.82 Å². The van der Waals surface area contributed by atoms with Crippen LogP contribution in [0.25, 0.3) is 82.3 Å². The highest BCUT2D eigenvalue weighted by Gasteiger charge is 2.41. The topological polar surface area (TPSA) is 25.8 Å². The summed E-state index contributed by atoms with van der Waals surface area (Å²) in [4.78, 5) is 10.8. The van der Waals surface area contributed by atoms with Crippen LogP contribution in [0.3, 0.4) is 0 Å². The first kappa shape index (κ1) is 31.8. The predicted molar refractivity (Wildman–Crippen MR) is 231 cm³/mol. The molecule has 2 nitrogen and oxygen atoms in total. The number of aromatic nitrogens is 2. The van der Waals surface area contributed by atoms with E-state index in [1.807, 2.05) is 0 Å². The molecule has 2 aliphatic rings. The van der Waals surface area contributed by atoms with Gasteiger partial charge in [0.05, 0.1) is 11.4 Å². The number of hydrogen-bond donors (Lipinski definition) is 0. The Morgan fingerprint density at radius 3 is 1.55 bits per heavy atom. The first-order chi connectivity index (χ1) is 27.0. The molecule has 9 aromatic rings. The fourth-order valence-electron chi connectivity index (χ4n) is 9.27. The van der Waals surface area contributed by atoms with Crippen molar-refractivity contribution in [3.63, 3.8) is 0 Å². The first-order valence-corrected chi connectivity index (χ1v) is 19.3. The lowest BCUT2D eigenvalue weighted by Gasteiger charge is -2.29. The highest BCUT2D eigenvalue weighted by Crippen LogP contribution is 2.56. The number of benzene rings is 8. The lowest BCUT2D eigenvalue weighted by Crippen LogP contribution is -2.20. The van der Waals surface area contributed by atoms with Crippen LogP contribution in [0.2, 0.25) is 0 Å². The van der Waals surface area contributed by atoms with E-state index in [0.29, 0.717) is 0 Å². The van der Waals surface area contributed by atoms with Gasteiger partial charge in [-0.1, -0.05) is 165 Å². The summed E-state index contributed by atoms with van der Waals surface area (Å²) in [6, 6.07) is 59.6. The highest BCUT2D eigenvalue weighted by molar-refractivity contribution is 6.08. The normalized spacial score (nSPS) is 15.9. The van der Waals surface area contributed by atoms with Crippen molar-refractivity contribution in [1.82, 2.24) is 9.97 Å². The molecule has 0 saturated heterocycles. The van der Waals surface area contributed by atoms with Gasteiger partial charge in [-0.2, -0.15) is 0 Å². The quantitative estimate of drug-likeness (QED) is 0.182. The Balaban J connectivity index is 1.06. The highest BCUT2D eigenvalue weighted by atomic mass is 14.9. The Morgan fingerprint density at radius 1 is 0.473 bits per heavy atom. The molecule has 1 unspecified atom stereocenters. The number of hydrogen-bond acceptors (Lipinski definition) is 2. The fourth-order valence-corrected chi connectivity index (χ4v) is 9.27. The van der Waals surface area contributed by atoms with E-state index in [1.165, 1.54) is 76.5 Å². The number of nitrogens with zero attached hydrogens (tertiary/aromatic N) is 2. The van der Waals surface area contributed by atoms with E-state index in [2.05, 4.69) is 190 Å². The van der Waals surface area contributed by atoms with Crippen LogP contribution in [-0.4, -0.2) is 9.97 Å². The summed E-state index contributed by atoms with van der Waals surface area (Å²) in [6.07, 6.45) is 5.62. The summed E-state index contributed by atoms with van der Waals surface area (Å²) < 4.78 is 0. The van der Waals surface area contributed by atoms with Crippen molar-refractivity contribution in [2.75, 3.05) is 0 Å². The second-order valence-electron chi connectivity index (χ2n) is 15.8. The maximum absolute atomic E-state index is 5.39. The third-order valence-corrected chi connectivity index (χ3v) is 12.2. The predicted octanol–water partition coefficient (Wildman–Crippen LogP) is 13.9. The summed E-state index contributed by atoms with van der Waals surface area (Å²) in [5.41, 5.74) is 12.1. The van der Waals surface area contributed by atoms with E-state index in [1.54, 1.807) is 0 Å². The van der Waals surface area contributed by atoms with Crippen LogP contribution in [0.1, 0.15) is 43.1 Å². The van der Waals surface area contributed by atoms with Crippen molar-refractivity contribution in [2.24, 2.45) is 0 Å². The molecule has 0 aliphatic heterocycles. The average Bonchev–Trinajstić information content (AvgIpc) is 3.46. The van der Waals surface area contributed by atoms with Gasteiger partial charge in [0.25, 0.3) is 0 Å². The van der Waals surface area contributed by atoms with Gasteiger partial charge in [0, 0.05) is 22.5 Å². The van der Waals surface area contributed by atoms with Gasteiger partial charge in [-0.05, 0) is 108 Å². The van der Waals surface area contributed by atoms with Crippen LogP contribution < -0.4 is 0 Å². The Kier molecular flexibility index (Phi) is 7.06. The van der Waals surface area contributed by atoms with Gasteiger partial charge in [-0.3, -0.25) is 0 Å². The standard InChI is InChI=1S/C53H38N2/c1-53(2)46-31-43(25-26-45(46)51-47(53)30-39-17-9-10-18-44(39)50(51)42-24-21-35-13-5-8-16-38(35)29-42)52-54-48(40-22-19-33-11-3-6-14-36(33)27-40)32-49(55-52)41-23-20-34-12-4-7-15-37(34)28-41/h3-30,32,43H,31H2,1-2H3. The van der Waals surface area contributed by atoms with Crippen LogP contribution in [0.4, 0.5) is 0 Å². The van der Waals surface area contributed by atoms with Crippen LogP contribution in [0.15, 0.2) is 182 Å². The molecule has 0 amide bonds. The van der Waals surface area contributed by atoms with E-state index in [4.69, 9.17) is 9.97 Å². The Bertz CT molecular complexity index is 3010. The molecular weight excluding hydrogens is 665 g/mol. The van der Waals surface area contributed by atoms with E-state index < -0.39 is 0 Å². The van der Waals surface area contributed by atoms with Gasteiger partial charge >= 0.3 is 0 Å². The number of rotatable bonds is 4. The molecular formula is C53H38N2. The molecule has 0 saturated carbocycles. The molecule has 0 radical (unpaired) electrons. The van der Waals surface area contributed by atoms with E-state index in [9.17, 15) is 0 Å². The molecule has 2 aliphatic carbocycles. The summed E-state index contributed by atoms with van der Waals surface area (Å²) in [7, 11) is 0. The second-order valence-corrected chi connectivity index (χ2v) is 15.8. The van der Waals surface area contributed by atoms with Crippen molar-refractivity contribution in [1.29, 1.82) is 0 Å². The SMILES string of the molecule is CC1(C)C2=C(C=CC(c3nc(-c4ccc5ccccc5c4)cc(-c4ccc5ccccc5c4)n3)C2)c2c1cc1ccccc1c2-c1ccc2ccccc2c1. The van der Waals surface area contributed by atoms with Crippen LogP contribution in [0, 0.1) is 0 Å². The van der Waals surface area contributed by atoms with Crippen molar-refractivity contribution in [3.05, 3.63) is 198 Å². The lowest BCUT2D eigenvalue weighted by molar-refractivity contribution is 0.584. The molecule has 0 bridgehead atoms. The third kappa shape index (κ3) is 5.16. The minimum Gasteiger partial charge on any atom is -0.232 e. The lowest BCUT2D eigenvalue weighted by atomic mass is 9.75. The molecule has 260 valence electrons. The van der Waals surface area contributed by atoms with Gasteiger partial charge in [-0.25, -0.2) is 9.97 Å². The fraction of sp³-hybridized carbons (Fsp3) is 0.0943. The van der Waals surface area contributed by atoms with Crippen LogP contribution in [-0.2, 0) is 5.41 Å². The van der Waals surface area contributed by atoms with Gasteiger partial charge in [0.15, 0.2) is 0 Å².